The molecule has 1 unspecified atom stereocenters. The second-order valence-corrected chi connectivity index (χ2v) is 4.46. The SMILES string of the molecule is COCCN(CCC#N)CC1CN(C)CCO1. The van der Waals surface area contributed by atoms with E-state index in [1.54, 1.807) is 7.11 Å². The molecule has 1 aliphatic rings. The highest BCUT2D eigenvalue weighted by Crippen LogP contribution is 2.05. The molecule has 1 fully saturated rings. The van der Waals surface area contributed by atoms with Gasteiger partial charge in [0.05, 0.1) is 25.4 Å². The largest absolute Gasteiger partial charge is 0.383 e. The summed E-state index contributed by atoms with van der Waals surface area (Å²) in [6, 6.07) is 2.19. The van der Waals surface area contributed by atoms with Gasteiger partial charge in [-0.15, -0.1) is 0 Å². The van der Waals surface area contributed by atoms with Crippen LogP contribution in [0.2, 0.25) is 0 Å². The van der Waals surface area contributed by atoms with Crippen LogP contribution >= 0.6 is 0 Å². The van der Waals surface area contributed by atoms with Crippen LogP contribution in [-0.2, 0) is 9.47 Å². The Morgan fingerprint density at radius 3 is 3.00 bits per heavy atom. The van der Waals surface area contributed by atoms with Gasteiger partial charge in [-0.05, 0) is 7.05 Å². The molecule has 17 heavy (non-hydrogen) atoms. The van der Waals surface area contributed by atoms with Gasteiger partial charge in [-0.25, -0.2) is 0 Å². The topological polar surface area (TPSA) is 48.7 Å². The highest BCUT2D eigenvalue weighted by Gasteiger charge is 2.20. The Labute approximate surface area is 104 Å². The maximum Gasteiger partial charge on any atom is 0.0829 e. The standard InChI is InChI=1S/C12H23N3O2/c1-14-6-9-17-12(10-14)11-15(5-3-4-13)7-8-16-2/h12H,3,5-11H2,1-2H3. The zero-order valence-corrected chi connectivity index (χ0v) is 10.9. The number of morpholine rings is 1. The Hall–Kier alpha value is -0.670. The lowest BCUT2D eigenvalue weighted by Gasteiger charge is -2.33. The Morgan fingerprint density at radius 2 is 2.35 bits per heavy atom. The van der Waals surface area contributed by atoms with E-state index in [1.807, 2.05) is 0 Å². The quantitative estimate of drug-likeness (QED) is 0.636. The maximum absolute atomic E-state index is 8.64. The molecular formula is C12H23N3O2. The lowest BCUT2D eigenvalue weighted by molar-refractivity contribution is -0.0374. The molecule has 0 spiro atoms. The van der Waals surface area contributed by atoms with Gasteiger partial charge in [-0.1, -0.05) is 0 Å². The first-order valence-electron chi connectivity index (χ1n) is 6.14. The molecule has 1 aliphatic heterocycles. The van der Waals surface area contributed by atoms with Crippen LogP contribution in [0, 0.1) is 11.3 Å². The van der Waals surface area contributed by atoms with Crippen molar-refractivity contribution in [1.29, 1.82) is 5.26 Å². The van der Waals surface area contributed by atoms with Gasteiger partial charge in [-0.3, -0.25) is 4.90 Å². The fourth-order valence-electron chi connectivity index (χ4n) is 1.99. The van der Waals surface area contributed by atoms with Crippen LogP contribution in [0.25, 0.3) is 0 Å². The molecule has 0 aromatic carbocycles. The minimum atomic E-state index is 0.254. The molecule has 1 rings (SSSR count). The third-order valence-corrected chi connectivity index (χ3v) is 2.96. The third kappa shape index (κ3) is 5.99. The molecule has 0 aromatic heterocycles. The van der Waals surface area contributed by atoms with E-state index < -0.39 is 0 Å². The van der Waals surface area contributed by atoms with Gasteiger partial charge in [0.15, 0.2) is 0 Å². The second kappa shape index (κ2) is 8.43. The van der Waals surface area contributed by atoms with Gasteiger partial charge in [0.2, 0.25) is 0 Å². The molecule has 0 N–H and O–H groups in total. The molecule has 5 nitrogen and oxygen atoms in total. The lowest BCUT2D eigenvalue weighted by Crippen LogP contribution is -2.46. The molecule has 0 aromatic rings. The van der Waals surface area contributed by atoms with Crippen molar-refractivity contribution in [2.24, 2.45) is 0 Å². The van der Waals surface area contributed by atoms with Crippen molar-refractivity contribution >= 4 is 0 Å². The molecule has 0 aliphatic carbocycles. The molecular weight excluding hydrogens is 218 g/mol. The van der Waals surface area contributed by atoms with Crippen molar-refractivity contribution in [3.05, 3.63) is 0 Å². The van der Waals surface area contributed by atoms with Crippen LogP contribution in [-0.4, -0.2) is 76.0 Å². The maximum atomic E-state index is 8.64. The minimum Gasteiger partial charge on any atom is -0.383 e. The molecule has 0 bridgehead atoms. The van der Waals surface area contributed by atoms with Crippen molar-refractivity contribution in [1.82, 2.24) is 9.80 Å². The first-order chi connectivity index (χ1) is 8.26. The summed E-state index contributed by atoms with van der Waals surface area (Å²) in [7, 11) is 3.82. The van der Waals surface area contributed by atoms with Gasteiger partial charge >= 0.3 is 0 Å². The lowest BCUT2D eigenvalue weighted by atomic mass is 10.2. The Morgan fingerprint density at radius 1 is 1.53 bits per heavy atom. The number of hydrogen-bond donors (Lipinski definition) is 0. The average Bonchev–Trinajstić information content (AvgIpc) is 2.32. The first kappa shape index (κ1) is 14.4. The van der Waals surface area contributed by atoms with Crippen molar-refractivity contribution in [3.63, 3.8) is 0 Å². The Kier molecular flexibility index (Phi) is 7.13. The van der Waals surface area contributed by atoms with E-state index in [4.69, 9.17) is 14.7 Å². The van der Waals surface area contributed by atoms with Crippen molar-refractivity contribution < 1.29 is 9.47 Å². The van der Waals surface area contributed by atoms with Crippen LogP contribution in [0.3, 0.4) is 0 Å². The van der Waals surface area contributed by atoms with Gasteiger partial charge in [0, 0.05) is 46.3 Å². The fourth-order valence-corrected chi connectivity index (χ4v) is 1.99. The van der Waals surface area contributed by atoms with E-state index in [1.165, 1.54) is 0 Å². The van der Waals surface area contributed by atoms with Gasteiger partial charge in [0.1, 0.15) is 0 Å². The molecule has 1 saturated heterocycles. The number of ether oxygens (including phenoxy) is 2. The van der Waals surface area contributed by atoms with Crippen LogP contribution in [0.15, 0.2) is 0 Å². The molecule has 1 atom stereocenters. The highest BCUT2D eigenvalue weighted by molar-refractivity contribution is 4.77. The summed E-state index contributed by atoms with van der Waals surface area (Å²) in [5, 5.41) is 8.64. The van der Waals surface area contributed by atoms with Gasteiger partial charge in [-0.2, -0.15) is 5.26 Å². The Balaban J connectivity index is 2.32. The summed E-state index contributed by atoms with van der Waals surface area (Å²) in [5.74, 6) is 0. The molecule has 1 heterocycles. The van der Waals surface area contributed by atoms with E-state index >= 15 is 0 Å². The number of likely N-dealkylation sites (N-methyl/N-ethyl adjacent to an activating group) is 1. The number of nitriles is 1. The summed E-state index contributed by atoms with van der Waals surface area (Å²) in [5.41, 5.74) is 0. The predicted molar refractivity (Wildman–Crippen MR) is 65.8 cm³/mol. The fraction of sp³-hybridized carbons (Fsp3) is 0.917. The summed E-state index contributed by atoms with van der Waals surface area (Å²) in [6.07, 6.45) is 0.816. The summed E-state index contributed by atoms with van der Waals surface area (Å²) < 4.78 is 10.8. The zero-order chi connectivity index (χ0) is 12.5. The highest BCUT2D eigenvalue weighted by atomic mass is 16.5. The smallest absolute Gasteiger partial charge is 0.0829 e. The van der Waals surface area contributed by atoms with E-state index in [-0.39, 0.29) is 6.10 Å². The van der Waals surface area contributed by atoms with Crippen LogP contribution in [0.4, 0.5) is 0 Å². The number of hydrogen-bond acceptors (Lipinski definition) is 5. The number of methoxy groups -OCH3 is 1. The van der Waals surface area contributed by atoms with Gasteiger partial charge < -0.3 is 14.4 Å². The number of rotatable bonds is 7. The summed E-state index contributed by atoms with van der Waals surface area (Å²) in [6.45, 7) is 6.02. The zero-order valence-electron chi connectivity index (χ0n) is 10.9. The van der Waals surface area contributed by atoms with Crippen molar-refractivity contribution in [2.45, 2.75) is 12.5 Å². The van der Waals surface area contributed by atoms with E-state index in [9.17, 15) is 0 Å². The van der Waals surface area contributed by atoms with Crippen LogP contribution < -0.4 is 0 Å². The van der Waals surface area contributed by atoms with Gasteiger partial charge in [0.25, 0.3) is 0 Å². The molecule has 5 heteroatoms. The van der Waals surface area contributed by atoms with E-state index in [0.29, 0.717) is 13.0 Å². The summed E-state index contributed by atoms with van der Waals surface area (Å²) in [4.78, 5) is 4.53. The summed E-state index contributed by atoms with van der Waals surface area (Å²) >= 11 is 0. The molecule has 0 radical (unpaired) electrons. The third-order valence-electron chi connectivity index (χ3n) is 2.96. The molecule has 98 valence electrons. The number of nitrogens with zero attached hydrogens (tertiary/aromatic N) is 3. The first-order valence-corrected chi connectivity index (χ1v) is 6.14. The normalized spacial score (nSPS) is 21.6. The average molecular weight is 241 g/mol. The van der Waals surface area contributed by atoms with Crippen molar-refractivity contribution in [2.75, 3.05) is 60.1 Å². The van der Waals surface area contributed by atoms with Crippen molar-refractivity contribution in [3.8, 4) is 6.07 Å². The Bertz CT molecular complexity index is 242. The van der Waals surface area contributed by atoms with Crippen LogP contribution in [0.1, 0.15) is 6.42 Å². The monoisotopic (exact) mass is 241 g/mol. The second-order valence-electron chi connectivity index (χ2n) is 4.46. The molecule has 0 saturated carbocycles. The van der Waals surface area contributed by atoms with Crippen LogP contribution in [0.5, 0.6) is 0 Å². The minimum absolute atomic E-state index is 0.254. The van der Waals surface area contributed by atoms with E-state index in [0.717, 1.165) is 39.3 Å². The molecule has 0 amide bonds. The predicted octanol–water partition coefficient (Wildman–Crippen LogP) is 0.179. The van der Waals surface area contributed by atoms with E-state index in [2.05, 4.69) is 22.9 Å².